The van der Waals surface area contributed by atoms with Crippen molar-refractivity contribution in [3.63, 3.8) is 0 Å². The zero-order chi connectivity index (χ0) is 9.97. The number of hydrogen-bond acceptors (Lipinski definition) is 2. The van der Waals surface area contributed by atoms with Crippen molar-refractivity contribution in [3.8, 4) is 0 Å². The van der Waals surface area contributed by atoms with Gasteiger partial charge in [-0.1, -0.05) is 30.7 Å². The molecule has 1 aromatic carbocycles. The van der Waals surface area contributed by atoms with E-state index in [-0.39, 0.29) is 0 Å². The van der Waals surface area contributed by atoms with E-state index in [0.717, 1.165) is 11.4 Å². The zero-order valence-electron chi connectivity index (χ0n) is 7.96. The fraction of sp³-hybridized carbons (Fsp3) is 0.273. The first-order valence-electron chi connectivity index (χ1n) is 4.66. The van der Waals surface area contributed by atoms with Crippen molar-refractivity contribution in [2.24, 2.45) is 0 Å². The average Bonchev–Trinajstić information content (AvgIpc) is 2.67. The van der Waals surface area contributed by atoms with Crippen LogP contribution in [0.25, 0.3) is 0 Å². The summed E-state index contributed by atoms with van der Waals surface area (Å²) in [5.74, 6) is 0. The molecule has 0 spiro atoms. The van der Waals surface area contributed by atoms with Gasteiger partial charge in [-0.2, -0.15) is 0 Å². The lowest BCUT2D eigenvalue weighted by atomic mass is 10.2. The van der Waals surface area contributed by atoms with E-state index in [2.05, 4.69) is 29.8 Å². The summed E-state index contributed by atoms with van der Waals surface area (Å²) in [6.07, 6.45) is 1.07. The number of nitrogens with one attached hydrogen (secondary N) is 1. The third kappa shape index (κ3) is 2.07. The Kier molecular flexibility index (Phi) is 3.04. The Labute approximate surface area is 93.5 Å². The van der Waals surface area contributed by atoms with E-state index >= 15 is 0 Å². The van der Waals surface area contributed by atoms with Crippen LogP contribution in [0.2, 0.25) is 5.02 Å². The summed E-state index contributed by atoms with van der Waals surface area (Å²) in [7, 11) is 0. The van der Waals surface area contributed by atoms with Crippen LogP contribution < -0.4 is 5.32 Å². The molecule has 1 N–H and O–H groups in total. The minimum Gasteiger partial charge on any atom is -0.372 e. The van der Waals surface area contributed by atoms with Crippen molar-refractivity contribution in [1.29, 1.82) is 0 Å². The van der Waals surface area contributed by atoms with Gasteiger partial charge in [0.25, 0.3) is 0 Å². The molecule has 0 bridgehead atoms. The SMILES string of the molecule is CCC1=CSC(c2ccc(Cl)cc2)N1. The highest BCUT2D eigenvalue weighted by Crippen LogP contribution is 2.34. The molecule has 1 aromatic rings. The highest BCUT2D eigenvalue weighted by Gasteiger charge is 2.16. The minimum absolute atomic E-state index is 0.363. The number of benzene rings is 1. The molecule has 3 heteroatoms. The van der Waals surface area contributed by atoms with Gasteiger partial charge >= 0.3 is 0 Å². The van der Waals surface area contributed by atoms with Gasteiger partial charge in [0.2, 0.25) is 0 Å². The molecule has 0 aromatic heterocycles. The van der Waals surface area contributed by atoms with Crippen molar-refractivity contribution in [3.05, 3.63) is 46.0 Å². The molecule has 0 fully saturated rings. The van der Waals surface area contributed by atoms with E-state index in [9.17, 15) is 0 Å². The molecule has 14 heavy (non-hydrogen) atoms. The molecule has 1 unspecified atom stereocenters. The molecule has 1 nitrogen and oxygen atoms in total. The van der Waals surface area contributed by atoms with Gasteiger partial charge in [0, 0.05) is 10.7 Å². The van der Waals surface area contributed by atoms with Gasteiger partial charge in [-0.05, 0) is 29.5 Å². The summed E-state index contributed by atoms with van der Waals surface area (Å²) < 4.78 is 0. The Morgan fingerprint density at radius 3 is 2.64 bits per heavy atom. The first kappa shape index (κ1) is 9.94. The second-order valence-corrected chi connectivity index (χ2v) is 4.62. The van der Waals surface area contributed by atoms with Gasteiger partial charge in [0.05, 0.1) is 0 Å². The third-order valence-electron chi connectivity index (χ3n) is 2.22. The monoisotopic (exact) mass is 225 g/mol. The number of rotatable bonds is 2. The Morgan fingerprint density at radius 2 is 2.07 bits per heavy atom. The molecular weight excluding hydrogens is 214 g/mol. The topological polar surface area (TPSA) is 12.0 Å². The highest BCUT2D eigenvalue weighted by atomic mass is 35.5. The van der Waals surface area contributed by atoms with Crippen LogP contribution in [0.15, 0.2) is 35.4 Å². The lowest BCUT2D eigenvalue weighted by molar-refractivity contribution is 0.774. The Balaban J connectivity index is 2.08. The fourth-order valence-corrected chi connectivity index (χ4v) is 2.57. The van der Waals surface area contributed by atoms with Crippen molar-refractivity contribution in [2.75, 3.05) is 0 Å². The molecule has 0 aliphatic carbocycles. The molecule has 2 rings (SSSR count). The molecule has 0 saturated carbocycles. The van der Waals surface area contributed by atoms with Gasteiger partial charge in [0.1, 0.15) is 5.37 Å². The van der Waals surface area contributed by atoms with Gasteiger partial charge in [-0.15, -0.1) is 11.8 Å². The average molecular weight is 226 g/mol. The first-order chi connectivity index (χ1) is 6.79. The third-order valence-corrected chi connectivity index (χ3v) is 3.55. The van der Waals surface area contributed by atoms with Crippen LogP contribution in [-0.4, -0.2) is 0 Å². The summed E-state index contributed by atoms with van der Waals surface area (Å²) in [5, 5.41) is 6.81. The Morgan fingerprint density at radius 1 is 1.36 bits per heavy atom. The Hall–Kier alpha value is -0.600. The number of hydrogen-bond donors (Lipinski definition) is 1. The Bertz CT molecular complexity index is 345. The van der Waals surface area contributed by atoms with Crippen LogP contribution in [0.5, 0.6) is 0 Å². The quantitative estimate of drug-likeness (QED) is 0.819. The lowest BCUT2D eigenvalue weighted by Crippen LogP contribution is -2.12. The summed E-state index contributed by atoms with van der Waals surface area (Å²) >= 11 is 7.65. The van der Waals surface area contributed by atoms with E-state index in [1.807, 2.05) is 23.9 Å². The van der Waals surface area contributed by atoms with E-state index in [1.54, 1.807) is 0 Å². The van der Waals surface area contributed by atoms with E-state index < -0.39 is 0 Å². The summed E-state index contributed by atoms with van der Waals surface area (Å²) in [5.41, 5.74) is 2.59. The second kappa shape index (κ2) is 4.28. The van der Waals surface area contributed by atoms with E-state index in [0.29, 0.717) is 5.37 Å². The van der Waals surface area contributed by atoms with Crippen LogP contribution >= 0.6 is 23.4 Å². The predicted octanol–water partition coefficient (Wildman–Crippen LogP) is 3.93. The molecule has 74 valence electrons. The summed E-state index contributed by atoms with van der Waals surface area (Å²) in [6, 6.07) is 8.00. The van der Waals surface area contributed by atoms with Crippen LogP contribution in [0.3, 0.4) is 0 Å². The molecule has 1 heterocycles. The zero-order valence-corrected chi connectivity index (χ0v) is 9.53. The van der Waals surface area contributed by atoms with Crippen molar-refractivity contribution in [2.45, 2.75) is 18.7 Å². The first-order valence-corrected chi connectivity index (χ1v) is 5.98. The van der Waals surface area contributed by atoms with Crippen LogP contribution in [-0.2, 0) is 0 Å². The van der Waals surface area contributed by atoms with Crippen molar-refractivity contribution < 1.29 is 0 Å². The highest BCUT2D eigenvalue weighted by molar-refractivity contribution is 8.02. The van der Waals surface area contributed by atoms with Crippen molar-refractivity contribution >= 4 is 23.4 Å². The fourth-order valence-electron chi connectivity index (χ4n) is 1.37. The van der Waals surface area contributed by atoms with Gasteiger partial charge < -0.3 is 5.32 Å². The summed E-state index contributed by atoms with van der Waals surface area (Å²) in [4.78, 5) is 0. The van der Waals surface area contributed by atoms with E-state index in [4.69, 9.17) is 11.6 Å². The maximum absolute atomic E-state index is 5.83. The van der Waals surface area contributed by atoms with Gasteiger partial charge in [-0.25, -0.2) is 0 Å². The molecular formula is C11H12ClNS. The van der Waals surface area contributed by atoms with E-state index in [1.165, 1.54) is 11.3 Å². The van der Waals surface area contributed by atoms with Crippen LogP contribution in [0, 0.1) is 0 Å². The molecule has 1 atom stereocenters. The van der Waals surface area contributed by atoms with Gasteiger partial charge in [0.15, 0.2) is 0 Å². The summed E-state index contributed by atoms with van der Waals surface area (Å²) in [6.45, 7) is 2.16. The number of thioether (sulfide) groups is 1. The minimum atomic E-state index is 0.363. The lowest BCUT2D eigenvalue weighted by Gasteiger charge is -2.12. The number of allylic oxidation sites excluding steroid dienone is 1. The maximum atomic E-state index is 5.83. The molecule has 0 saturated heterocycles. The molecule has 0 radical (unpaired) electrons. The van der Waals surface area contributed by atoms with Crippen molar-refractivity contribution in [1.82, 2.24) is 5.32 Å². The molecule has 0 amide bonds. The molecule has 1 aliphatic rings. The maximum Gasteiger partial charge on any atom is 0.102 e. The van der Waals surface area contributed by atoms with Gasteiger partial charge in [-0.3, -0.25) is 0 Å². The van der Waals surface area contributed by atoms with Crippen LogP contribution in [0.4, 0.5) is 0 Å². The largest absolute Gasteiger partial charge is 0.372 e. The normalized spacial score (nSPS) is 20.4. The standard InChI is InChI=1S/C11H12ClNS/c1-2-10-7-14-11(13-10)8-3-5-9(12)6-4-8/h3-7,11,13H,2H2,1H3. The smallest absolute Gasteiger partial charge is 0.102 e. The van der Waals surface area contributed by atoms with Crippen LogP contribution in [0.1, 0.15) is 24.3 Å². The predicted molar refractivity (Wildman–Crippen MR) is 63.3 cm³/mol. The second-order valence-electron chi connectivity index (χ2n) is 3.21. The molecule has 1 aliphatic heterocycles. The number of halogens is 1.